The standard InChI is InChI=1S/C23H22N4O3S/c1-14-11-19-21(24-14)22(29)27(12-16-6-4-10-30-16)23(26-19)31-13-20(28)25-18-9-8-15-5-2-3-7-17(15)18/h2-7,10-11,18,24H,8-9,12-13H2,1H3,(H,25,28). The molecule has 1 atom stereocenters. The van der Waals surface area contributed by atoms with Gasteiger partial charge in [-0.1, -0.05) is 36.0 Å². The summed E-state index contributed by atoms with van der Waals surface area (Å²) >= 11 is 1.26. The first-order chi connectivity index (χ1) is 15.1. The summed E-state index contributed by atoms with van der Waals surface area (Å²) in [4.78, 5) is 33.5. The molecular formula is C23H22N4O3S. The summed E-state index contributed by atoms with van der Waals surface area (Å²) in [5.74, 6) is 0.759. The Kier molecular flexibility index (Phi) is 5.15. The molecule has 1 amide bonds. The van der Waals surface area contributed by atoms with Crippen LogP contribution < -0.4 is 10.9 Å². The molecule has 5 rings (SSSR count). The highest BCUT2D eigenvalue weighted by atomic mass is 32.2. The van der Waals surface area contributed by atoms with E-state index in [9.17, 15) is 9.59 Å². The Morgan fingerprint density at radius 1 is 1.32 bits per heavy atom. The van der Waals surface area contributed by atoms with Crippen molar-refractivity contribution < 1.29 is 9.21 Å². The lowest BCUT2D eigenvalue weighted by molar-refractivity contribution is -0.119. The quantitative estimate of drug-likeness (QED) is 0.357. The van der Waals surface area contributed by atoms with Crippen LogP contribution in [-0.2, 0) is 17.8 Å². The molecule has 3 aromatic heterocycles. The first kappa shape index (κ1) is 19.7. The van der Waals surface area contributed by atoms with Crippen molar-refractivity contribution in [2.24, 2.45) is 0 Å². The van der Waals surface area contributed by atoms with Crippen LogP contribution in [-0.4, -0.2) is 26.2 Å². The summed E-state index contributed by atoms with van der Waals surface area (Å²) in [7, 11) is 0. The molecule has 1 aliphatic rings. The number of hydrogen-bond donors (Lipinski definition) is 2. The van der Waals surface area contributed by atoms with Gasteiger partial charge in [-0.05, 0) is 49.1 Å². The molecule has 0 spiro atoms. The van der Waals surface area contributed by atoms with E-state index in [4.69, 9.17) is 4.42 Å². The van der Waals surface area contributed by atoms with Gasteiger partial charge >= 0.3 is 0 Å². The Hall–Kier alpha value is -3.26. The number of benzene rings is 1. The molecule has 1 unspecified atom stereocenters. The Morgan fingerprint density at radius 3 is 3.03 bits per heavy atom. The maximum atomic E-state index is 13.1. The Morgan fingerprint density at radius 2 is 2.19 bits per heavy atom. The van der Waals surface area contributed by atoms with Crippen LogP contribution >= 0.6 is 11.8 Å². The lowest BCUT2D eigenvalue weighted by Gasteiger charge is -2.15. The zero-order chi connectivity index (χ0) is 21.4. The number of aromatic amines is 1. The zero-order valence-electron chi connectivity index (χ0n) is 17.1. The van der Waals surface area contributed by atoms with Crippen molar-refractivity contribution >= 4 is 28.7 Å². The van der Waals surface area contributed by atoms with Crippen LogP contribution in [0.25, 0.3) is 11.0 Å². The van der Waals surface area contributed by atoms with Crippen LogP contribution in [0.2, 0.25) is 0 Å². The summed E-state index contributed by atoms with van der Waals surface area (Å²) in [5, 5.41) is 3.62. The van der Waals surface area contributed by atoms with Crippen molar-refractivity contribution in [1.82, 2.24) is 19.9 Å². The second-order valence-corrected chi connectivity index (χ2v) is 8.67. The van der Waals surface area contributed by atoms with Gasteiger partial charge in [0.2, 0.25) is 5.91 Å². The van der Waals surface area contributed by atoms with Gasteiger partial charge in [0, 0.05) is 5.69 Å². The number of nitrogens with one attached hydrogen (secondary N) is 2. The summed E-state index contributed by atoms with van der Waals surface area (Å²) in [6.45, 7) is 2.14. The molecular weight excluding hydrogens is 412 g/mol. The fourth-order valence-corrected chi connectivity index (χ4v) is 4.90. The predicted molar refractivity (Wildman–Crippen MR) is 119 cm³/mol. The lowest BCUT2D eigenvalue weighted by Crippen LogP contribution is -2.29. The molecule has 1 aromatic carbocycles. The second-order valence-electron chi connectivity index (χ2n) is 7.72. The molecule has 1 aliphatic carbocycles. The number of fused-ring (bicyclic) bond motifs is 2. The maximum absolute atomic E-state index is 13.1. The molecule has 31 heavy (non-hydrogen) atoms. The van der Waals surface area contributed by atoms with Gasteiger partial charge in [0.15, 0.2) is 5.16 Å². The van der Waals surface area contributed by atoms with Gasteiger partial charge in [-0.25, -0.2) is 4.98 Å². The average molecular weight is 435 g/mol. The van der Waals surface area contributed by atoms with Crippen LogP contribution in [0.5, 0.6) is 0 Å². The monoisotopic (exact) mass is 434 g/mol. The van der Waals surface area contributed by atoms with E-state index in [0.717, 1.165) is 18.5 Å². The molecule has 0 aliphatic heterocycles. The highest BCUT2D eigenvalue weighted by Gasteiger charge is 2.24. The van der Waals surface area contributed by atoms with Gasteiger partial charge in [0.25, 0.3) is 5.56 Å². The van der Waals surface area contributed by atoms with Crippen molar-refractivity contribution in [2.45, 2.75) is 37.5 Å². The van der Waals surface area contributed by atoms with Crippen molar-refractivity contribution in [2.75, 3.05) is 5.75 Å². The molecule has 0 saturated carbocycles. The minimum atomic E-state index is -0.179. The van der Waals surface area contributed by atoms with E-state index in [1.54, 1.807) is 16.9 Å². The van der Waals surface area contributed by atoms with Gasteiger partial charge in [0.1, 0.15) is 11.3 Å². The number of carbonyl (C=O) groups is 1. The van der Waals surface area contributed by atoms with Gasteiger partial charge in [-0.3, -0.25) is 14.2 Å². The molecule has 3 heterocycles. The summed E-state index contributed by atoms with van der Waals surface area (Å²) < 4.78 is 6.98. The van der Waals surface area contributed by atoms with Crippen LogP contribution in [0.3, 0.4) is 0 Å². The fourth-order valence-electron chi connectivity index (χ4n) is 4.09. The summed E-state index contributed by atoms with van der Waals surface area (Å²) in [5.41, 5.74) is 4.23. The van der Waals surface area contributed by atoms with Gasteiger partial charge in [-0.15, -0.1) is 0 Å². The third kappa shape index (κ3) is 3.90. The molecule has 4 aromatic rings. The molecule has 0 radical (unpaired) electrons. The first-order valence-electron chi connectivity index (χ1n) is 10.2. The van der Waals surface area contributed by atoms with Crippen molar-refractivity contribution in [3.8, 4) is 0 Å². The largest absolute Gasteiger partial charge is 0.467 e. The third-order valence-corrected chi connectivity index (χ3v) is 6.51. The van der Waals surface area contributed by atoms with E-state index in [1.165, 1.54) is 22.9 Å². The van der Waals surface area contributed by atoms with E-state index < -0.39 is 0 Å². The van der Waals surface area contributed by atoms with Crippen LogP contribution in [0, 0.1) is 6.92 Å². The predicted octanol–water partition coefficient (Wildman–Crippen LogP) is 3.57. The smallest absolute Gasteiger partial charge is 0.278 e. The Labute approximate surface area is 182 Å². The molecule has 0 bridgehead atoms. The molecule has 0 fully saturated rings. The number of nitrogens with zero attached hydrogens (tertiary/aromatic N) is 2. The number of rotatable bonds is 6. The number of hydrogen-bond acceptors (Lipinski definition) is 5. The van der Waals surface area contributed by atoms with Crippen LogP contribution in [0.4, 0.5) is 0 Å². The first-order valence-corrected chi connectivity index (χ1v) is 11.2. The highest BCUT2D eigenvalue weighted by Crippen LogP contribution is 2.31. The van der Waals surface area contributed by atoms with Gasteiger partial charge < -0.3 is 14.7 Å². The number of carbonyl (C=O) groups excluding carboxylic acids is 1. The van der Waals surface area contributed by atoms with Crippen molar-refractivity contribution in [1.29, 1.82) is 0 Å². The van der Waals surface area contributed by atoms with Gasteiger partial charge in [0.05, 0.1) is 30.1 Å². The van der Waals surface area contributed by atoms with E-state index in [0.29, 0.717) is 22.0 Å². The van der Waals surface area contributed by atoms with Crippen LogP contribution in [0.15, 0.2) is 63.1 Å². The summed E-state index contributed by atoms with van der Waals surface area (Å²) in [6, 6.07) is 13.7. The molecule has 0 saturated heterocycles. The number of thioether (sulfide) groups is 1. The lowest BCUT2D eigenvalue weighted by atomic mass is 10.1. The Balaban J connectivity index is 1.37. The molecule has 158 valence electrons. The van der Waals surface area contributed by atoms with Crippen LogP contribution in [0.1, 0.15) is 35.0 Å². The van der Waals surface area contributed by atoms with Gasteiger partial charge in [-0.2, -0.15) is 0 Å². The molecule has 2 N–H and O–H groups in total. The SMILES string of the molecule is Cc1cc2nc(SCC(=O)NC3CCc4ccccc43)n(Cc3ccco3)c(=O)c2[nH]1. The third-order valence-electron chi connectivity index (χ3n) is 5.53. The van der Waals surface area contributed by atoms with E-state index in [1.807, 2.05) is 31.2 Å². The highest BCUT2D eigenvalue weighted by molar-refractivity contribution is 7.99. The fraction of sp³-hybridized carbons (Fsp3) is 0.261. The number of H-pyrrole nitrogens is 1. The van der Waals surface area contributed by atoms with E-state index in [2.05, 4.69) is 27.4 Å². The topological polar surface area (TPSA) is 92.9 Å². The number of aromatic nitrogens is 3. The second kappa shape index (κ2) is 8.11. The molecule has 8 heteroatoms. The number of amides is 1. The minimum absolute atomic E-state index is 0.0392. The maximum Gasteiger partial charge on any atom is 0.278 e. The van der Waals surface area contributed by atoms with Crippen molar-refractivity contribution in [3.63, 3.8) is 0 Å². The van der Waals surface area contributed by atoms with E-state index in [-0.39, 0.29) is 29.8 Å². The Bertz CT molecular complexity index is 1310. The molecule has 7 nitrogen and oxygen atoms in total. The average Bonchev–Trinajstić information content (AvgIpc) is 3.49. The minimum Gasteiger partial charge on any atom is -0.467 e. The number of aryl methyl sites for hydroxylation is 2. The zero-order valence-corrected chi connectivity index (χ0v) is 17.9. The van der Waals surface area contributed by atoms with Crippen molar-refractivity contribution in [3.05, 3.63) is 81.7 Å². The van der Waals surface area contributed by atoms with E-state index >= 15 is 0 Å². The summed E-state index contributed by atoms with van der Waals surface area (Å²) in [6.07, 6.45) is 3.46. The number of furan rings is 1. The normalized spacial score (nSPS) is 15.3.